The Morgan fingerprint density at radius 3 is 1.21 bits per heavy atom. The van der Waals surface area contributed by atoms with Crippen LogP contribution in [-0.4, -0.2) is 0 Å². The monoisotopic (exact) mass is 545 g/mol. The first-order valence-electron chi connectivity index (χ1n) is 14.0. The van der Waals surface area contributed by atoms with Gasteiger partial charge in [0.2, 0.25) is 0 Å². The van der Waals surface area contributed by atoms with Crippen LogP contribution in [0.3, 0.4) is 0 Å². The van der Waals surface area contributed by atoms with Gasteiger partial charge in [0.15, 0.2) is 0 Å². The Morgan fingerprint density at radius 1 is 0.487 bits per heavy atom. The minimum atomic E-state index is -0.773. The topological polar surface area (TPSA) is 3.24 Å². The number of para-hydroxylation sites is 1. The van der Waals surface area contributed by atoms with E-state index in [-0.39, 0.29) is 0 Å². The summed E-state index contributed by atoms with van der Waals surface area (Å²) in [6.07, 6.45) is 2.43. The van der Waals surface area contributed by atoms with Gasteiger partial charge in [0, 0.05) is 35.7 Å². The minimum absolute atomic E-state index is 0.513. The van der Waals surface area contributed by atoms with E-state index in [1.807, 2.05) is 13.8 Å². The van der Waals surface area contributed by atoms with E-state index in [4.69, 9.17) is 0 Å². The molecule has 39 heavy (non-hydrogen) atoms. The molecule has 196 valence electrons. The molecular formula is C36H37NP2. The second-order valence-electron chi connectivity index (χ2n) is 9.42. The van der Waals surface area contributed by atoms with Gasteiger partial charge in [-0.25, -0.2) is 0 Å². The second-order valence-corrected chi connectivity index (χ2v) is 14.2. The SMILES string of the molecule is CC.c1ccc([C@H]2CC[C@H](c3ccccc3)P2N(c2ccccc2)P(c2ccccc2)c2ccccc2)cc1. The van der Waals surface area contributed by atoms with Crippen LogP contribution in [0.4, 0.5) is 5.69 Å². The second kappa shape index (κ2) is 13.7. The zero-order chi connectivity index (χ0) is 26.9. The van der Waals surface area contributed by atoms with Crippen LogP contribution in [0.2, 0.25) is 0 Å². The highest BCUT2D eigenvalue weighted by molar-refractivity contribution is 7.85. The third kappa shape index (κ3) is 6.17. The number of hydrogen-bond donors (Lipinski definition) is 0. The predicted octanol–water partition coefficient (Wildman–Crippen LogP) is 10.2. The summed E-state index contributed by atoms with van der Waals surface area (Å²) in [7, 11) is -1.36. The lowest BCUT2D eigenvalue weighted by Gasteiger charge is -2.44. The Hall–Kier alpha value is -3.24. The van der Waals surface area contributed by atoms with Crippen LogP contribution in [0, 0.1) is 0 Å². The summed E-state index contributed by atoms with van der Waals surface area (Å²) in [5, 5.41) is 2.81. The fourth-order valence-electron chi connectivity index (χ4n) is 5.47. The first-order chi connectivity index (χ1) is 19.4. The lowest BCUT2D eigenvalue weighted by molar-refractivity contribution is 0.765. The number of rotatable bonds is 7. The molecule has 0 radical (unpaired) electrons. The van der Waals surface area contributed by atoms with Gasteiger partial charge in [0.25, 0.3) is 0 Å². The third-order valence-corrected chi connectivity index (χ3v) is 13.5. The fraction of sp³-hybridized carbons (Fsp3) is 0.167. The molecule has 0 saturated carbocycles. The van der Waals surface area contributed by atoms with Crippen molar-refractivity contribution in [2.24, 2.45) is 0 Å². The summed E-state index contributed by atoms with van der Waals surface area (Å²) < 4.78 is 2.87. The van der Waals surface area contributed by atoms with Crippen LogP contribution in [0.5, 0.6) is 0 Å². The molecular weight excluding hydrogens is 508 g/mol. The molecule has 1 saturated heterocycles. The van der Waals surface area contributed by atoms with Crippen LogP contribution in [0.15, 0.2) is 152 Å². The highest BCUT2D eigenvalue weighted by Gasteiger charge is 2.44. The number of anilines is 1. The van der Waals surface area contributed by atoms with Crippen molar-refractivity contribution in [1.82, 2.24) is 0 Å². The average Bonchev–Trinajstić information content (AvgIpc) is 3.47. The van der Waals surface area contributed by atoms with Crippen molar-refractivity contribution >= 4 is 32.4 Å². The summed E-state index contributed by atoms with van der Waals surface area (Å²) in [5.74, 6) is 0. The summed E-state index contributed by atoms with van der Waals surface area (Å²) in [6.45, 7) is 4.00. The van der Waals surface area contributed by atoms with Crippen molar-refractivity contribution in [2.45, 2.75) is 38.0 Å². The van der Waals surface area contributed by atoms with E-state index in [0.29, 0.717) is 11.3 Å². The minimum Gasteiger partial charge on any atom is -0.320 e. The normalized spacial score (nSPS) is 16.9. The van der Waals surface area contributed by atoms with Crippen molar-refractivity contribution < 1.29 is 0 Å². The summed E-state index contributed by atoms with van der Waals surface area (Å²) >= 11 is 0. The van der Waals surface area contributed by atoms with Gasteiger partial charge in [0.1, 0.15) is 0 Å². The van der Waals surface area contributed by atoms with E-state index in [1.165, 1.54) is 40.3 Å². The van der Waals surface area contributed by atoms with E-state index >= 15 is 0 Å². The molecule has 6 rings (SSSR count). The van der Waals surface area contributed by atoms with Gasteiger partial charge in [0.05, 0.1) is 8.07 Å². The van der Waals surface area contributed by atoms with Gasteiger partial charge in [-0.2, -0.15) is 0 Å². The maximum Gasteiger partial charge on any atom is 0.0585 e. The number of benzene rings is 5. The Morgan fingerprint density at radius 2 is 0.821 bits per heavy atom. The first-order valence-corrected chi connectivity index (χ1v) is 16.8. The van der Waals surface area contributed by atoms with Crippen LogP contribution in [-0.2, 0) is 0 Å². The van der Waals surface area contributed by atoms with E-state index in [2.05, 4.69) is 156 Å². The molecule has 1 aliphatic heterocycles. The van der Waals surface area contributed by atoms with Gasteiger partial charge in [-0.15, -0.1) is 0 Å². The Bertz CT molecular complexity index is 1290. The Balaban J connectivity index is 0.00000151. The first kappa shape index (κ1) is 27.3. The molecule has 0 aromatic heterocycles. The molecule has 1 heterocycles. The van der Waals surface area contributed by atoms with E-state index in [1.54, 1.807) is 0 Å². The maximum absolute atomic E-state index is 2.87. The molecule has 0 unspecified atom stereocenters. The van der Waals surface area contributed by atoms with E-state index < -0.39 is 16.1 Å². The maximum atomic E-state index is 2.87. The Labute approximate surface area is 237 Å². The molecule has 0 spiro atoms. The number of nitrogens with zero attached hydrogens (tertiary/aromatic N) is 1. The zero-order valence-electron chi connectivity index (χ0n) is 22.8. The molecule has 5 aromatic rings. The third-order valence-electron chi connectivity index (χ3n) is 7.12. The highest BCUT2D eigenvalue weighted by atomic mass is 31.2. The lowest BCUT2D eigenvalue weighted by atomic mass is 10.0. The summed E-state index contributed by atoms with van der Waals surface area (Å²) in [4.78, 5) is 0. The van der Waals surface area contributed by atoms with Gasteiger partial charge in [-0.3, -0.25) is 0 Å². The molecule has 3 heteroatoms. The van der Waals surface area contributed by atoms with E-state index in [0.717, 1.165) is 0 Å². The standard InChI is InChI=1S/C34H31NP2.C2H6/c1-6-16-28(17-7-1)33-26-27-34(29-18-8-2-9-19-29)37(33)35(30-20-10-3-11-21-30)36(31-22-12-4-13-23-31)32-24-14-5-15-25-32;1-2/h1-25,33-34H,26-27H2;1-2H3/t33-,34-;/m1./s1. The number of hydrogen-bond acceptors (Lipinski definition) is 1. The van der Waals surface area contributed by atoms with Crippen LogP contribution in [0.1, 0.15) is 49.1 Å². The van der Waals surface area contributed by atoms with Crippen molar-refractivity contribution in [3.8, 4) is 0 Å². The smallest absolute Gasteiger partial charge is 0.0585 e. The molecule has 0 N–H and O–H groups in total. The molecule has 0 aliphatic carbocycles. The average molecular weight is 546 g/mol. The lowest BCUT2D eigenvalue weighted by Crippen LogP contribution is -2.26. The quantitative estimate of drug-likeness (QED) is 0.184. The Kier molecular flexibility index (Phi) is 9.61. The van der Waals surface area contributed by atoms with Crippen molar-refractivity contribution in [2.75, 3.05) is 4.44 Å². The molecule has 0 bridgehead atoms. The fourth-order valence-corrected chi connectivity index (χ4v) is 12.8. The van der Waals surface area contributed by atoms with Crippen molar-refractivity contribution in [3.05, 3.63) is 163 Å². The molecule has 5 aromatic carbocycles. The molecule has 1 fully saturated rings. The zero-order valence-corrected chi connectivity index (χ0v) is 24.6. The van der Waals surface area contributed by atoms with Crippen LogP contribution < -0.4 is 15.1 Å². The highest BCUT2D eigenvalue weighted by Crippen LogP contribution is 2.76. The van der Waals surface area contributed by atoms with Crippen LogP contribution >= 0.6 is 16.1 Å². The van der Waals surface area contributed by atoms with Crippen molar-refractivity contribution in [3.63, 3.8) is 0 Å². The van der Waals surface area contributed by atoms with Crippen LogP contribution in [0.25, 0.3) is 0 Å². The van der Waals surface area contributed by atoms with Gasteiger partial charge in [-0.1, -0.05) is 153 Å². The van der Waals surface area contributed by atoms with Gasteiger partial charge < -0.3 is 4.44 Å². The largest absolute Gasteiger partial charge is 0.320 e. The van der Waals surface area contributed by atoms with Crippen molar-refractivity contribution in [1.29, 1.82) is 0 Å². The molecule has 2 atom stereocenters. The molecule has 0 amide bonds. The van der Waals surface area contributed by atoms with E-state index in [9.17, 15) is 0 Å². The molecule has 1 nitrogen and oxygen atoms in total. The predicted molar refractivity (Wildman–Crippen MR) is 174 cm³/mol. The summed E-state index contributed by atoms with van der Waals surface area (Å²) in [5.41, 5.74) is 5.31. The summed E-state index contributed by atoms with van der Waals surface area (Å²) in [6, 6.07) is 56.1. The van der Waals surface area contributed by atoms with Gasteiger partial charge in [-0.05, 0) is 36.1 Å². The molecule has 1 aliphatic rings. The van der Waals surface area contributed by atoms with Gasteiger partial charge >= 0.3 is 0 Å².